The Hall–Kier alpha value is -1.90. The average molecular weight is 491 g/mol. The number of carbonyl (C=O) groups excluding carboxylic acids is 2. The summed E-state index contributed by atoms with van der Waals surface area (Å²) < 4.78 is 6.05. The summed E-state index contributed by atoms with van der Waals surface area (Å²) in [6.07, 6.45) is 1.21. The maximum atomic E-state index is 13.3. The van der Waals surface area contributed by atoms with Gasteiger partial charge in [-0.1, -0.05) is 34.6 Å². The number of nitrogens with zero attached hydrogens (tertiary/aromatic N) is 1. The van der Waals surface area contributed by atoms with Crippen LogP contribution in [0, 0.1) is 12.8 Å². The van der Waals surface area contributed by atoms with Crippen LogP contribution < -0.4 is 5.73 Å². The highest BCUT2D eigenvalue weighted by atomic mass is 32.2. The Labute approximate surface area is 204 Å². The largest absolute Gasteiger partial charge is 0.457 e. The van der Waals surface area contributed by atoms with Gasteiger partial charge in [-0.15, -0.1) is 23.1 Å². The van der Waals surface area contributed by atoms with Gasteiger partial charge in [-0.3, -0.25) is 9.59 Å². The molecule has 2 atom stereocenters. The van der Waals surface area contributed by atoms with Crippen molar-refractivity contribution in [2.75, 3.05) is 5.73 Å². The van der Waals surface area contributed by atoms with E-state index in [1.54, 1.807) is 5.51 Å². The number of nitrogen functional groups attached to an aromatic ring is 1. The van der Waals surface area contributed by atoms with Crippen molar-refractivity contribution in [2.45, 2.75) is 88.6 Å². The van der Waals surface area contributed by atoms with E-state index in [0.717, 1.165) is 26.6 Å². The Morgan fingerprint density at radius 3 is 2.61 bits per heavy atom. The molecule has 0 spiro atoms. The minimum atomic E-state index is -0.895. The van der Waals surface area contributed by atoms with Gasteiger partial charge in [0, 0.05) is 17.0 Å². The molecule has 0 amide bonds. The zero-order valence-electron chi connectivity index (χ0n) is 20.2. The van der Waals surface area contributed by atoms with E-state index in [9.17, 15) is 14.7 Å². The minimum absolute atomic E-state index is 0.0310. The Kier molecular flexibility index (Phi) is 7.61. The molecular weight excluding hydrogens is 456 g/mol. The van der Waals surface area contributed by atoms with Gasteiger partial charge in [0.1, 0.15) is 5.60 Å². The highest BCUT2D eigenvalue weighted by Crippen LogP contribution is 2.43. The van der Waals surface area contributed by atoms with E-state index < -0.39 is 16.8 Å². The first-order chi connectivity index (χ1) is 15.4. The van der Waals surface area contributed by atoms with Crippen LogP contribution in [0.3, 0.4) is 0 Å². The summed E-state index contributed by atoms with van der Waals surface area (Å²) in [6, 6.07) is 3.91. The molecule has 3 rings (SSSR count). The molecule has 2 aromatic rings. The van der Waals surface area contributed by atoms with Gasteiger partial charge in [-0.2, -0.15) is 0 Å². The van der Waals surface area contributed by atoms with Crippen LogP contribution in [0.1, 0.15) is 69.2 Å². The lowest BCUT2D eigenvalue weighted by molar-refractivity contribution is -0.176. The molecule has 1 fully saturated rings. The SMILES string of the molecule is Cc1cc(SC2C(=O)CC(CCc3ncsc3CO)(C(C)C)OC2=O)c(C(C)(C)C)cc1N. The number of cyclic esters (lactones) is 1. The predicted molar refractivity (Wildman–Crippen MR) is 134 cm³/mol. The fraction of sp³-hybridized carbons (Fsp3) is 0.560. The minimum Gasteiger partial charge on any atom is -0.457 e. The summed E-state index contributed by atoms with van der Waals surface area (Å²) in [5.41, 5.74) is 10.2. The molecule has 33 heavy (non-hydrogen) atoms. The number of carbonyl (C=O) groups is 2. The molecule has 0 bridgehead atoms. The molecule has 1 aromatic carbocycles. The van der Waals surface area contributed by atoms with Gasteiger partial charge in [-0.05, 0) is 54.4 Å². The highest BCUT2D eigenvalue weighted by Gasteiger charge is 2.49. The first-order valence-corrected chi connectivity index (χ1v) is 13.0. The third kappa shape index (κ3) is 5.44. The van der Waals surface area contributed by atoms with Crippen LogP contribution in [-0.2, 0) is 32.8 Å². The smallest absolute Gasteiger partial charge is 0.327 e. The molecule has 8 heteroatoms. The molecule has 3 N–H and O–H groups in total. The van der Waals surface area contributed by atoms with Crippen LogP contribution >= 0.6 is 23.1 Å². The zero-order chi connectivity index (χ0) is 24.6. The lowest BCUT2D eigenvalue weighted by Gasteiger charge is -2.41. The van der Waals surface area contributed by atoms with Crippen molar-refractivity contribution in [3.8, 4) is 0 Å². The van der Waals surface area contributed by atoms with Crippen LogP contribution in [0.25, 0.3) is 0 Å². The van der Waals surface area contributed by atoms with Crippen LogP contribution in [0.2, 0.25) is 0 Å². The molecule has 180 valence electrons. The van der Waals surface area contributed by atoms with E-state index in [4.69, 9.17) is 10.5 Å². The number of aromatic nitrogens is 1. The van der Waals surface area contributed by atoms with E-state index in [-0.39, 0.29) is 30.1 Å². The standard InChI is InChI=1S/C25H34N2O4S2/c1-14(2)25(8-7-18-21(12-28)32-13-27-18)11-19(29)22(23(30)31-25)33-20-9-15(3)17(26)10-16(20)24(4,5)6/h9-10,13-14,22,28H,7-8,11-12,26H2,1-6H3. The number of hydrogen-bond donors (Lipinski definition) is 2. The van der Waals surface area contributed by atoms with Crippen molar-refractivity contribution in [1.29, 1.82) is 0 Å². The molecule has 1 saturated heterocycles. The number of esters is 1. The van der Waals surface area contributed by atoms with Crippen LogP contribution in [0.4, 0.5) is 5.69 Å². The van der Waals surface area contributed by atoms with Crippen molar-refractivity contribution >= 4 is 40.5 Å². The lowest BCUT2D eigenvalue weighted by Crippen LogP contribution is -2.52. The Morgan fingerprint density at radius 1 is 1.33 bits per heavy atom. The van der Waals surface area contributed by atoms with Crippen molar-refractivity contribution in [3.63, 3.8) is 0 Å². The molecule has 2 unspecified atom stereocenters. The maximum absolute atomic E-state index is 13.3. The van der Waals surface area contributed by atoms with E-state index in [0.29, 0.717) is 18.5 Å². The molecule has 1 aliphatic rings. The number of rotatable bonds is 7. The fourth-order valence-corrected chi connectivity index (χ4v) is 6.16. The average Bonchev–Trinajstić information content (AvgIpc) is 3.18. The second-order valence-electron chi connectivity index (χ2n) is 10.1. The van der Waals surface area contributed by atoms with E-state index in [1.165, 1.54) is 23.1 Å². The van der Waals surface area contributed by atoms with E-state index in [2.05, 4.69) is 25.8 Å². The van der Waals surface area contributed by atoms with E-state index >= 15 is 0 Å². The number of ether oxygens (including phenoxy) is 1. The third-order valence-electron chi connectivity index (χ3n) is 6.41. The number of ketones is 1. The normalized spacial score (nSPS) is 21.5. The van der Waals surface area contributed by atoms with Gasteiger partial charge in [0.25, 0.3) is 0 Å². The summed E-state index contributed by atoms with van der Waals surface area (Å²) in [4.78, 5) is 32.5. The first kappa shape index (κ1) is 25.7. The molecule has 0 aliphatic carbocycles. The van der Waals surface area contributed by atoms with Gasteiger partial charge < -0.3 is 15.6 Å². The van der Waals surface area contributed by atoms with Crippen molar-refractivity contribution in [1.82, 2.24) is 4.98 Å². The molecule has 2 heterocycles. The molecule has 0 radical (unpaired) electrons. The topological polar surface area (TPSA) is 103 Å². The quantitative estimate of drug-likeness (QED) is 0.326. The number of aryl methyl sites for hydroxylation is 2. The number of nitrogens with two attached hydrogens (primary N) is 1. The highest BCUT2D eigenvalue weighted by molar-refractivity contribution is 8.01. The summed E-state index contributed by atoms with van der Waals surface area (Å²) in [5, 5.41) is 8.62. The van der Waals surface area contributed by atoms with Gasteiger partial charge in [0.05, 0.1) is 22.7 Å². The molecule has 0 saturated carbocycles. The molecule has 1 aliphatic heterocycles. The number of thioether (sulfide) groups is 1. The van der Waals surface area contributed by atoms with Gasteiger partial charge in [0.2, 0.25) is 0 Å². The van der Waals surface area contributed by atoms with Gasteiger partial charge in [-0.25, -0.2) is 4.98 Å². The Morgan fingerprint density at radius 2 is 2.03 bits per heavy atom. The number of benzene rings is 1. The van der Waals surface area contributed by atoms with Crippen molar-refractivity contribution in [2.24, 2.45) is 5.92 Å². The third-order valence-corrected chi connectivity index (χ3v) is 8.55. The second-order valence-corrected chi connectivity index (χ2v) is 12.2. The molecule has 6 nitrogen and oxygen atoms in total. The number of thiazole rings is 1. The van der Waals surface area contributed by atoms with Gasteiger partial charge >= 0.3 is 5.97 Å². The van der Waals surface area contributed by atoms with Gasteiger partial charge in [0.15, 0.2) is 11.0 Å². The number of Topliss-reactive ketones (excluding diaryl/α,β-unsaturated/α-hetero) is 1. The number of aliphatic hydroxyl groups excluding tert-OH is 1. The summed E-state index contributed by atoms with van der Waals surface area (Å²) in [7, 11) is 0. The summed E-state index contributed by atoms with van der Waals surface area (Å²) in [5.74, 6) is -0.628. The van der Waals surface area contributed by atoms with Crippen LogP contribution in [-0.4, -0.2) is 32.7 Å². The number of anilines is 1. The predicted octanol–water partition coefficient (Wildman–Crippen LogP) is 4.83. The molecule has 1 aromatic heterocycles. The van der Waals surface area contributed by atoms with E-state index in [1.807, 2.05) is 32.9 Å². The lowest BCUT2D eigenvalue weighted by atomic mass is 9.79. The Balaban J connectivity index is 1.84. The monoisotopic (exact) mass is 490 g/mol. The number of aliphatic hydroxyl groups is 1. The summed E-state index contributed by atoms with van der Waals surface area (Å²) in [6.45, 7) is 12.1. The Bertz CT molecular complexity index is 1020. The summed E-state index contributed by atoms with van der Waals surface area (Å²) >= 11 is 2.67. The number of hydrogen-bond acceptors (Lipinski definition) is 8. The zero-order valence-corrected chi connectivity index (χ0v) is 21.9. The van der Waals surface area contributed by atoms with Crippen LogP contribution in [0.15, 0.2) is 22.5 Å². The maximum Gasteiger partial charge on any atom is 0.327 e. The molecular formula is C25H34N2O4S2. The first-order valence-electron chi connectivity index (χ1n) is 11.2. The van der Waals surface area contributed by atoms with Crippen molar-refractivity contribution in [3.05, 3.63) is 39.3 Å². The second kappa shape index (κ2) is 9.76. The van der Waals surface area contributed by atoms with Crippen LogP contribution in [0.5, 0.6) is 0 Å². The van der Waals surface area contributed by atoms with Crippen molar-refractivity contribution < 1.29 is 19.4 Å². The fourth-order valence-electron chi connectivity index (χ4n) is 4.14.